The third kappa shape index (κ3) is 3.03. The molecule has 0 radical (unpaired) electrons. The number of phenolic OH excluding ortho intramolecular Hbond substituents is 2. The van der Waals surface area contributed by atoms with Crippen LogP contribution in [0.15, 0.2) is 72.3 Å². The fourth-order valence-electron chi connectivity index (χ4n) is 2.55. The Kier molecular flexibility index (Phi) is 4.12. The molecule has 0 bridgehead atoms. The summed E-state index contributed by atoms with van der Waals surface area (Å²) in [4.78, 5) is 22.5. The Bertz CT molecular complexity index is 882. The van der Waals surface area contributed by atoms with Gasteiger partial charge >= 0.3 is 0 Å². The largest absolute Gasteiger partial charge is 0.508 e. The van der Waals surface area contributed by atoms with Crippen LogP contribution in [0.3, 0.4) is 0 Å². The van der Waals surface area contributed by atoms with E-state index in [4.69, 9.17) is 0 Å². The summed E-state index contributed by atoms with van der Waals surface area (Å²) >= 11 is 0. The van der Waals surface area contributed by atoms with Crippen molar-refractivity contribution in [1.82, 2.24) is 0 Å². The van der Waals surface area contributed by atoms with Crippen LogP contribution in [0.1, 0.15) is 21.5 Å². The van der Waals surface area contributed by atoms with Gasteiger partial charge in [-0.2, -0.15) is 0 Å². The number of aromatic hydroxyl groups is 2. The molecule has 0 unspecified atom stereocenters. The van der Waals surface area contributed by atoms with E-state index in [2.05, 4.69) is 0 Å². The number of rotatable bonds is 3. The van der Waals surface area contributed by atoms with Crippen LogP contribution in [0, 0.1) is 0 Å². The highest BCUT2D eigenvalue weighted by molar-refractivity contribution is 6.03. The third-order valence-corrected chi connectivity index (χ3v) is 3.74. The van der Waals surface area contributed by atoms with Gasteiger partial charge in [-0.1, -0.05) is 30.4 Å². The van der Waals surface area contributed by atoms with Crippen LogP contribution in [0.4, 0.5) is 0 Å². The number of aldehydes is 1. The fourth-order valence-corrected chi connectivity index (χ4v) is 2.55. The Balaban J connectivity index is 2.23. The zero-order valence-corrected chi connectivity index (χ0v) is 12.6. The monoisotopic (exact) mass is 318 g/mol. The first-order valence-electron chi connectivity index (χ1n) is 7.31. The molecule has 0 fully saturated rings. The molecular weight excluding hydrogens is 304 g/mol. The van der Waals surface area contributed by atoms with Crippen molar-refractivity contribution in [2.24, 2.45) is 0 Å². The van der Waals surface area contributed by atoms with E-state index in [-0.39, 0.29) is 22.8 Å². The molecule has 0 atom stereocenters. The first-order valence-corrected chi connectivity index (χ1v) is 7.31. The summed E-state index contributed by atoms with van der Waals surface area (Å²) in [5.41, 5.74) is 3.30. The van der Waals surface area contributed by atoms with Gasteiger partial charge in [0.05, 0.1) is 5.56 Å². The zero-order valence-electron chi connectivity index (χ0n) is 12.6. The van der Waals surface area contributed by atoms with Gasteiger partial charge in [0.1, 0.15) is 11.5 Å². The minimum atomic E-state index is -0.0944. The van der Waals surface area contributed by atoms with Crippen molar-refractivity contribution in [3.8, 4) is 11.5 Å². The maximum Gasteiger partial charge on any atom is 0.178 e. The fraction of sp³-hybridized carbons (Fsp3) is 0. The predicted octanol–water partition coefficient (Wildman–Crippen LogP) is 3.41. The molecule has 0 aromatic heterocycles. The van der Waals surface area contributed by atoms with Crippen molar-refractivity contribution >= 4 is 17.6 Å². The Morgan fingerprint density at radius 3 is 2.08 bits per heavy atom. The molecule has 2 N–H and O–H groups in total. The van der Waals surface area contributed by atoms with Crippen LogP contribution in [0.2, 0.25) is 0 Å². The highest BCUT2D eigenvalue weighted by Crippen LogP contribution is 2.32. The molecule has 0 saturated carbocycles. The minimum Gasteiger partial charge on any atom is -0.508 e. The number of hydrogen-bond acceptors (Lipinski definition) is 4. The van der Waals surface area contributed by atoms with Gasteiger partial charge in [0.15, 0.2) is 12.1 Å². The second-order valence-electron chi connectivity index (χ2n) is 5.34. The molecule has 0 saturated heterocycles. The molecule has 118 valence electrons. The molecule has 0 spiro atoms. The second-order valence-corrected chi connectivity index (χ2v) is 5.34. The average Bonchev–Trinajstić information content (AvgIpc) is 2.60. The number of hydrogen-bond donors (Lipinski definition) is 2. The lowest BCUT2D eigenvalue weighted by molar-refractivity contribution is -0.110. The molecule has 24 heavy (non-hydrogen) atoms. The van der Waals surface area contributed by atoms with Crippen LogP contribution in [0.25, 0.3) is 5.57 Å². The molecule has 2 aromatic carbocycles. The maximum atomic E-state index is 11.4. The van der Waals surface area contributed by atoms with Crippen molar-refractivity contribution < 1.29 is 19.8 Å². The van der Waals surface area contributed by atoms with Gasteiger partial charge in [0, 0.05) is 0 Å². The van der Waals surface area contributed by atoms with E-state index < -0.39 is 0 Å². The SMILES string of the molecule is O=Cc1cc(C(=C2C=CC(=O)C=C2)c2ccc(O)cc2)ccc1O. The molecule has 2 aromatic rings. The summed E-state index contributed by atoms with van der Waals surface area (Å²) in [5.74, 6) is -0.0379. The Labute approximate surface area is 138 Å². The van der Waals surface area contributed by atoms with Crippen molar-refractivity contribution in [2.45, 2.75) is 0 Å². The van der Waals surface area contributed by atoms with E-state index in [1.54, 1.807) is 48.6 Å². The van der Waals surface area contributed by atoms with Gasteiger partial charge in [-0.15, -0.1) is 0 Å². The van der Waals surface area contributed by atoms with Gasteiger partial charge in [0.2, 0.25) is 0 Å². The van der Waals surface area contributed by atoms with E-state index in [0.29, 0.717) is 6.29 Å². The number of phenols is 2. The third-order valence-electron chi connectivity index (χ3n) is 3.74. The van der Waals surface area contributed by atoms with Crippen LogP contribution in [-0.2, 0) is 4.79 Å². The topological polar surface area (TPSA) is 74.6 Å². The first-order chi connectivity index (χ1) is 11.6. The highest BCUT2D eigenvalue weighted by atomic mass is 16.3. The second kappa shape index (κ2) is 6.38. The van der Waals surface area contributed by atoms with Gasteiger partial charge in [-0.3, -0.25) is 9.59 Å². The standard InChI is InChI=1S/C20H14O4/c21-12-16-11-15(5-10-19(16)24)20(13-1-6-17(22)7-2-13)14-3-8-18(23)9-4-14/h1-12,22,24H. The molecule has 1 aliphatic rings. The zero-order chi connectivity index (χ0) is 17.1. The van der Waals surface area contributed by atoms with E-state index in [1.807, 2.05) is 0 Å². The molecule has 0 aliphatic heterocycles. The Hall–Kier alpha value is -3.40. The number of carbonyl (C=O) groups excluding carboxylic acids is 2. The lowest BCUT2D eigenvalue weighted by atomic mass is 9.90. The molecule has 0 amide bonds. The number of ketones is 1. The molecule has 1 aliphatic carbocycles. The normalized spacial score (nSPS) is 13.2. The smallest absolute Gasteiger partial charge is 0.178 e. The van der Waals surface area contributed by atoms with Crippen molar-refractivity contribution in [3.63, 3.8) is 0 Å². The van der Waals surface area contributed by atoms with Crippen LogP contribution < -0.4 is 0 Å². The Morgan fingerprint density at radius 1 is 0.833 bits per heavy atom. The van der Waals surface area contributed by atoms with Crippen molar-refractivity contribution in [2.75, 3.05) is 0 Å². The van der Waals surface area contributed by atoms with Crippen LogP contribution in [0.5, 0.6) is 11.5 Å². The summed E-state index contributed by atoms with van der Waals surface area (Å²) in [5, 5.41) is 19.2. The van der Waals surface area contributed by atoms with Gasteiger partial charge in [-0.25, -0.2) is 0 Å². The minimum absolute atomic E-state index is 0.0892. The van der Waals surface area contributed by atoms with E-state index in [9.17, 15) is 19.8 Å². The van der Waals surface area contributed by atoms with Crippen molar-refractivity contribution in [3.05, 3.63) is 89.0 Å². The van der Waals surface area contributed by atoms with Crippen LogP contribution in [-0.4, -0.2) is 22.3 Å². The average molecular weight is 318 g/mol. The summed E-state index contributed by atoms with van der Waals surface area (Å²) in [6.07, 6.45) is 6.94. The lowest BCUT2D eigenvalue weighted by Gasteiger charge is -2.14. The van der Waals surface area contributed by atoms with E-state index in [0.717, 1.165) is 22.3 Å². The number of carbonyl (C=O) groups is 2. The van der Waals surface area contributed by atoms with Gasteiger partial charge in [-0.05, 0) is 58.7 Å². The summed E-state index contributed by atoms with van der Waals surface area (Å²) in [6, 6.07) is 11.4. The highest BCUT2D eigenvalue weighted by Gasteiger charge is 2.13. The van der Waals surface area contributed by atoms with Gasteiger partial charge < -0.3 is 10.2 Å². The van der Waals surface area contributed by atoms with Crippen molar-refractivity contribution in [1.29, 1.82) is 0 Å². The number of benzene rings is 2. The molecule has 3 rings (SSSR count). The molecule has 4 heteroatoms. The predicted molar refractivity (Wildman–Crippen MR) is 90.9 cm³/mol. The first kappa shape index (κ1) is 15.5. The lowest BCUT2D eigenvalue weighted by Crippen LogP contribution is -1.98. The summed E-state index contributed by atoms with van der Waals surface area (Å²) in [7, 11) is 0. The summed E-state index contributed by atoms with van der Waals surface area (Å²) < 4.78 is 0. The molecule has 4 nitrogen and oxygen atoms in total. The Morgan fingerprint density at radius 2 is 1.46 bits per heavy atom. The maximum absolute atomic E-state index is 11.4. The van der Waals surface area contributed by atoms with Crippen LogP contribution >= 0.6 is 0 Å². The summed E-state index contributed by atoms with van der Waals surface area (Å²) in [6.45, 7) is 0. The van der Waals surface area contributed by atoms with E-state index in [1.165, 1.54) is 18.2 Å². The quantitative estimate of drug-likeness (QED) is 0.851. The van der Waals surface area contributed by atoms with Gasteiger partial charge in [0.25, 0.3) is 0 Å². The molecular formula is C20H14O4. The number of allylic oxidation sites excluding steroid dienone is 5. The van der Waals surface area contributed by atoms with E-state index >= 15 is 0 Å². The molecule has 0 heterocycles.